The van der Waals surface area contributed by atoms with Crippen LogP contribution < -0.4 is 0 Å². The van der Waals surface area contributed by atoms with Gasteiger partial charge in [0.2, 0.25) is 0 Å². The summed E-state index contributed by atoms with van der Waals surface area (Å²) in [5.74, 6) is 1.43. The van der Waals surface area contributed by atoms with Gasteiger partial charge in [-0.25, -0.2) is 0 Å². The fourth-order valence-corrected chi connectivity index (χ4v) is 3.60. The lowest BCUT2D eigenvalue weighted by atomic mass is 9.56. The lowest BCUT2D eigenvalue weighted by Gasteiger charge is -2.54. The van der Waals surface area contributed by atoms with Gasteiger partial charge >= 0.3 is 0 Å². The van der Waals surface area contributed by atoms with Crippen molar-refractivity contribution >= 4 is 0 Å². The molecule has 0 aromatic carbocycles. The minimum Gasteiger partial charge on any atom is -0.396 e. The first-order chi connectivity index (χ1) is 7.03. The lowest BCUT2D eigenvalue weighted by molar-refractivity contribution is -0.157. The molecule has 1 heterocycles. The monoisotopic (exact) mass is 210 g/mol. The topological polar surface area (TPSA) is 29.5 Å². The van der Waals surface area contributed by atoms with Gasteiger partial charge in [0.1, 0.15) is 0 Å². The molecule has 1 N–H and O–H groups in total. The molecule has 0 amide bonds. The third kappa shape index (κ3) is 1.38. The average molecular weight is 210 g/mol. The minimum atomic E-state index is -0.0450. The Morgan fingerprint density at radius 1 is 1.47 bits per heavy atom. The molecule has 1 aliphatic carbocycles. The van der Waals surface area contributed by atoms with Crippen molar-refractivity contribution in [2.75, 3.05) is 13.2 Å². The molecule has 0 aromatic rings. The largest absolute Gasteiger partial charge is 0.396 e. The van der Waals surface area contributed by atoms with Crippen LogP contribution in [0.2, 0.25) is 0 Å². The van der Waals surface area contributed by atoms with Crippen LogP contribution in [0, 0.1) is 23.2 Å². The second-order valence-corrected chi connectivity index (χ2v) is 5.42. The molecule has 0 spiro atoms. The number of hydrogen-bond donors (Lipinski definition) is 1. The van der Waals surface area contributed by atoms with Gasteiger partial charge in [-0.05, 0) is 25.7 Å². The van der Waals surface area contributed by atoms with Gasteiger partial charge in [0.15, 0.2) is 0 Å². The van der Waals surface area contributed by atoms with Gasteiger partial charge < -0.3 is 9.84 Å². The highest BCUT2D eigenvalue weighted by Crippen LogP contribution is 2.51. The van der Waals surface area contributed by atoms with Crippen LogP contribution >= 0.6 is 0 Å². The number of fused-ring (bicyclic) bond motifs is 2. The molecule has 2 aliphatic rings. The van der Waals surface area contributed by atoms with Gasteiger partial charge in [-0.3, -0.25) is 0 Å². The summed E-state index contributed by atoms with van der Waals surface area (Å²) in [6.07, 6.45) is 2.63. The normalized spacial score (nSPS) is 50.1. The van der Waals surface area contributed by atoms with Crippen molar-refractivity contribution in [1.82, 2.24) is 0 Å². The maximum atomic E-state index is 9.70. The van der Waals surface area contributed by atoms with E-state index in [9.17, 15) is 5.11 Å². The highest BCUT2D eigenvalue weighted by Gasteiger charge is 2.51. The van der Waals surface area contributed by atoms with Crippen LogP contribution in [0.3, 0.4) is 0 Å². The summed E-state index contributed by atoms with van der Waals surface area (Å²) in [4.78, 5) is 0. The molecule has 0 aromatic heterocycles. The molecule has 2 bridgehead atoms. The molecule has 2 nitrogen and oxygen atoms in total. The van der Waals surface area contributed by atoms with E-state index in [1.165, 1.54) is 5.57 Å². The molecule has 1 fully saturated rings. The summed E-state index contributed by atoms with van der Waals surface area (Å²) < 4.78 is 5.85. The Morgan fingerprint density at radius 3 is 2.73 bits per heavy atom. The standard InChI is InChI=1S/C13H22O2/c1-8-5-9(2)13(6-14)7-15-11(4)12(8)10(13)3/h5,9-12,14H,6-7H2,1-4H3/t9?,10-,11?,12?,13?/m0/s1. The molecule has 15 heavy (non-hydrogen) atoms. The highest BCUT2D eigenvalue weighted by molar-refractivity contribution is 5.20. The van der Waals surface area contributed by atoms with Crippen LogP contribution in [-0.4, -0.2) is 24.4 Å². The first-order valence-electron chi connectivity index (χ1n) is 5.93. The predicted molar refractivity (Wildman–Crippen MR) is 60.5 cm³/mol. The van der Waals surface area contributed by atoms with E-state index in [4.69, 9.17) is 4.74 Å². The molecule has 4 unspecified atom stereocenters. The van der Waals surface area contributed by atoms with Crippen molar-refractivity contribution in [1.29, 1.82) is 0 Å². The maximum absolute atomic E-state index is 9.70. The van der Waals surface area contributed by atoms with Crippen molar-refractivity contribution in [2.24, 2.45) is 23.2 Å². The number of aliphatic hydroxyl groups excluding tert-OH is 1. The zero-order valence-electron chi connectivity index (χ0n) is 10.2. The second kappa shape index (κ2) is 3.60. The number of rotatable bonds is 1. The van der Waals surface area contributed by atoms with Crippen LogP contribution in [0.1, 0.15) is 27.7 Å². The minimum absolute atomic E-state index is 0.0450. The molecular weight excluding hydrogens is 188 g/mol. The van der Waals surface area contributed by atoms with Crippen LogP contribution in [0.5, 0.6) is 0 Å². The summed E-state index contributed by atoms with van der Waals surface area (Å²) in [6, 6.07) is 0. The Morgan fingerprint density at radius 2 is 2.13 bits per heavy atom. The fourth-order valence-electron chi connectivity index (χ4n) is 3.60. The Bertz CT molecular complexity index is 284. The molecule has 2 rings (SSSR count). The molecule has 0 saturated carbocycles. The number of ether oxygens (including phenoxy) is 1. The Balaban J connectivity index is 2.43. The molecule has 86 valence electrons. The molecule has 0 radical (unpaired) electrons. The zero-order valence-corrected chi connectivity index (χ0v) is 10.2. The van der Waals surface area contributed by atoms with Crippen molar-refractivity contribution in [3.05, 3.63) is 11.6 Å². The summed E-state index contributed by atoms with van der Waals surface area (Å²) >= 11 is 0. The van der Waals surface area contributed by atoms with E-state index < -0.39 is 0 Å². The summed E-state index contributed by atoms with van der Waals surface area (Å²) in [5.41, 5.74) is 1.39. The number of allylic oxidation sites excluding steroid dienone is 1. The van der Waals surface area contributed by atoms with Crippen LogP contribution in [0.4, 0.5) is 0 Å². The van der Waals surface area contributed by atoms with E-state index in [-0.39, 0.29) is 12.0 Å². The van der Waals surface area contributed by atoms with Gasteiger partial charge in [-0.2, -0.15) is 0 Å². The van der Waals surface area contributed by atoms with Crippen molar-refractivity contribution in [2.45, 2.75) is 33.8 Å². The summed E-state index contributed by atoms with van der Waals surface area (Å²) in [5, 5.41) is 9.70. The third-order valence-electron chi connectivity index (χ3n) is 4.81. The summed E-state index contributed by atoms with van der Waals surface area (Å²) in [7, 11) is 0. The van der Waals surface area contributed by atoms with Crippen LogP contribution in [0.25, 0.3) is 0 Å². The van der Waals surface area contributed by atoms with Gasteiger partial charge in [0.05, 0.1) is 19.3 Å². The van der Waals surface area contributed by atoms with E-state index in [0.717, 1.165) is 0 Å². The number of hydrogen-bond acceptors (Lipinski definition) is 2. The van der Waals surface area contributed by atoms with Gasteiger partial charge in [-0.15, -0.1) is 0 Å². The molecule has 1 aliphatic heterocycles. The molecule has 1 saturated heterocycles. The summed E-state index contributed by atoms with van der Waals surface area (Å²) in [6.45, 7) is 9.76. The highest BCUT2D eigenvalue weighted by atomic mass is 16.5. The predicted octanol–water partition coefficient (Wildman–Crippen LogP) is 2.23. The van der Waals surface area contributed by atoms with Crippen molar-refractivity contribution in [3.8, 4) is 0 Å². The van der Waals surface area contributed by atoms with Gasteiger partial charge in [-0.1, -0.05) is 25.5 Å². The van der Waals surface area contributed by atoms with E-state index >= 15 is 0 Å². The van der Waals surface area contributed by atoms with Gasteiger partial charge in [0.25, 0.3) is 0 Å². The molecule has 5 atom stereocenters. The smallest absolute Gasteiger partial charge is 0.0615 e. The SMILES string of the molecule is CC1=CC(C)C2(CO)COC(C)C1[C@@H]2C. The van der Waals surface area contributed by atoms with Crippen molar-refractivity contribution in [3.63, 3.8) is 0 Å². The first kappa shape index (κ1) is 11.2. The quantitative estimate of drug-likeness (QED) is 0.673. The lowest BCUT2D eigenvalue weighted by Crippen LogP contribution is -2.55. The number of aliphatic hydroxyl groups is 1. The molecular formula is C13H22O2. The Labute approximate surface area is 92.3 Å². The Hall–Kier alpha value is -0.340. The van der Waals surface area contributed by atoms with Gasteiger partial charge in [0, 0.05) is 11.3 Å². The zero-order chi connectivity index (χ0) is 11.2. The average Bonchev–Trinajstić information content (AvgIpc) is 2.17. The third-order valence-corrected chi connectivity index (χ3v) is 4.81. The second-order valence-electron chi connectivity index (χ2n) is 5.42. The maximum Gasteiger partial charge on any atom is 0.0615 e. The van der Waals surface area contributed by atoms with E-state index in [1.54, 1.807) is 0 Å². The van der Waals surface area contributed by atoms with Crippen LogP contribution in [-0.2, 0) is 4.74 Å². The van der Waals surface area contributed by atoms with E-state index in [2.05, 4.69) is 33.8 Å². The fraction of sp³-hybridized carbons (Fsp3) is 0.846. The first-order valence-corrected chi connectivity index (χ1v) is 5.93. The van der Waals surface area contributed by atoms with Crippen LogP contribution in [0.15, 0.2) is 11.6 Å². The van der Waals surface area contributed by atoms with E-state index in [1.807, 2.05) is 0 Å². The Kier molecular flexibility index (Phi) is 2.68. The van der Waals surface area contributed by atoms with E-state index in [0.29, 0.717) is 30.5 Å². The van der Waals surface area contributed by atoms with Crippen molar-refractivity contribution < 1.29 is 9.84 Å². The molecule has 2 heteroatoms.